The van der Waals surface area contributed by atoms with E-state index >= 15 is 0 Å². The van der Waals surface area contributed by atoms with Crippen LogP contribution in [0.3, 0.4) is 0 Å². The van der Waals surface area contributed by atoms with Crippen LogP contribution in [0.5, 0.6) is 0 Å². The molecule has 4 rings (SSSR count). The van der Waals surface area contributed by atoms with Gasteiger partial charge in [0.1, 0.15) is 12.6 Å². The molecule has 0 heterocycles. The van der Waals surface area contributed by atoms with E-state index in [2.05, 4.69) is 5.32 Å². The van der Waals surface area contributed by atoms with Crippen LogP contribution >= 0.6 is 46.4 Å². The minimum absolute atomic E-state index is 0.0300. The second kappa shape index (κ2) is 16.0. The van der Waals surface area contributed by atoms with Crippen LogP contribution in [-0.2, 0) is 32.6 Å². The predicted molar refractivity (Wildman–Crippen MR) is 186 cm³/mol. The SMILES string of the molecule is CC[C@H](C)NC(=O)[C@H](Cc1ccccc1)N(Cc1ccc(Cl)cc1Cl)C(=O)CN(c1ccc(Cl)cc1Cl)S(=O)(=O)c1ccccc1. The molecule has 0 spiro atoms. The monoisotopic (exact) mass is 719 g/mol. The molecular formula is C34H33Cl4N3O4S. The van der Waals surface area contributed by atoms with Crippen molar-refractivity contribution in [1.29, 1.82) is 0 Å². The Hall–Kier alpha value is -3.27. The van der Waals surface area contributed by atoms with Gasteiger partial charge >= 0.3 is 0 Å². The van der Waals surface area contributed by atoms with E-state index in [0.29, 0.717) is 27.1 Å². The van der Waals surface area contributed by atoms with Crippen LogP contribution in [0.2, 0.25) is 20.1 Å². The van der Waals surface area contributed by atoms with Crippen molar-refractivity contribution in [2.24, 2.45) is 0 Å². The first-order valence-electron chi connectivity index (χ1n) is 14.5. The Morgan fingerprint density at radius 1 is 0.804 bits per heavy atom. The molecular weight excluding hydrogens is 688 g/mol. The van der Waals surface area contributed by atoms with Crippen LogP contribution in [0.4, 0.5) is 5.69 Å². The Labute approximate surface area is 290 Å². The lowest BCUT2D eigenvalue weighted by molar-refractivity contribution is -0.140. The molecule has 1 N–H and O–H groups in total. The number of hydrogen-bond donors (Lipinski definition) is 1. The van der Waals surface area contributed by atoms with Gasteiger partial charge in [-0.3, -0.25) is 13.9 Å². The van der Waals surface area contributed by atoms with Gasteiger partial charge in [0.05, 0.1) is 15.6 Å². The van der Waals surface area contributed by atoms with Gasteiger partial charge in [-0.2, -0.15) is 0 Å². The minimum Gasteiger partial charge on any atom is -0.352 e. The number of halogens is 4. The lowest BCUT2D eigenvalue weighted by Crippen LogP contribution is -2.54. The van der Waals surface area contributed by atoms with Crippen LogP contribution in [-0.4, -0.2) is 43.8 Å². The zero-order valence-corrected chi connectivity index (χ0v) is 29.0. The summed E-state index contributed by atoms with van der Waals surface area (Å²) in [6.07, 6.45) is 0.826. The third kappa shape index (κ3) is 8.96. The second-order valence-electron chi connectivity index (χ2n) is 10.7. The summed E-state index contributed by atoms with van der Waals surface area (Å²) >= 11 is 25.4. The van der Waals surface area contributed by atoms with Crippen molar-refractivity contribution in [1.82, 2.24) is 10.2 Å². The molecule has 4 aromatic rings. The van der Waals surface area contributed by atoms with Crippen molar-refractivity contribution in [2.45, 2.75) is 50.2 Å². The van der Waals surface area contributed by atoms with Crippen molar-refractivity contribution < 1.29 is 18.0 Å². The molecule has 0 radical (unpaired) electrons. The molecule has 7 nitrogen and oxygen atoms in total. The topological polar surface area (TPSA) is 86.8 Å². The Bertz CT molecular complexity index is 1780. The smallest absolute Gasteiger partial charge is 0.264 e. The van der Waals surface area contributed by atoms with Crippen molar-refractivity contribution in [3.8, 4) is 0 Å². The number of nitrogens with one attached hydrogen (secondary N) is 1. The van der Waals surface area contributed by atoms with E-state index in [4.69, 9.17) is 46.4 Å². The maximum absolute atomic E-state index is 14.6. The molecule has 0 saturated carbocycles. The third-order valence-corrected chi connectivity index (χ3v) is 10.3. The summed E-state index contributed by atoms with van der Waals surface area (Å²) in [5, 5.41) is 4.01. The van der Waals surface area contributed by atoms with Gasteiger partial charge in [0.2, 0.25) is 11.8 Å². The molecule has 2 atom stereocenters. The predicted octanol–water partition coefficient (Wildman–Crippen LogP) is 8.05. The summed E-state index contributed by atoms with van der Waals surface area (Å²) in [5.41, 5.74) is 1.38. The molecule has 0 aromatic heterocycles. The highest BCUT2D eigenvalue weighted by atomic mass is 35.5. The van der Waals surface area contributed by atoms with Crippen LogP contribution in [0, 0.1) is 0 Å². The first-order valence-corrected chi connectivity index (χ1v) is 17.5. The molecule has 0 aliphatic rings. The highest BCUT2D eigenvalue weighted by Crippen LogP contribution is 2.33. The number of benzene rings is 4. The summed E-state index contributed by atoms with van der Waals surface area (Å²) in [6, 6.07) is 25.0. The number of carbonyl (C=O) groups excluding carboxylic acids is 2. The average Bonchev–Trinajstić information content (AvgIpc) is 3.03. The average molecular weight is 722 g/mol. The highest BCUT2D eigenvalue weighted by molar-refractivity contribution is 7.92. The molecule has 0 unspecified atom stereocenters. The van der Waals surface area contributed by atoms with Crippen molar-refractivity contribution in [3.05, 3.63) is 128 Å². The van der Waals surface area contributed by atoms with Crippen LogP contribution in [0.25, 0.3) is 0 Å². The number of anilines is 1. The number of carbonyl (C=O) groups is 2. The summed E-state index contributed by atoms with van der Waals surface area (Å²) in [6.45, 7) is 3.03. The van der Waals surface area contributed by atoms with Gasteiger partial charge in [-0.15, -0.1) is 0 Å². The summed E-state index contributed by atoms with van der Waals surface area (Å²) in [4.78, 5) is 29.8. The van der Waals surface area contributed by atoms with Gasteiger partial charge in [0.25, 0.3) is 10.0 Å². The van der Waals surface area contributed by atoms with Gasteiger partial charge in [-0.25, -0.2) is 8.42 Å². The van der Waals surface area contributed by atoms with Gasteiger partial charge in [0, 0.05) is 34.1 Å². The molecule has 12 heteroatoms. The van der Waals surface area contributed by atoms with E-state index in [0.717, 1.165) is 9.87 Å². The zero-order chi connectivity index (χ0) is 33.4. The van der Waals surface area contributed by atoms with Crippen molar-refractivity contribution in [3.63, 3.8) is 0 Å². The zero-order valence-electron chi connectivity index (χ0n) is 25.2. The largest absolute Gasteiger partial charge is 0.352 e. The second-order valence-corrected chi connectivity index (χ2v) is 14.3. The fraction of sp³-hybridized carbons (Fsp3) is 0.235. The minimum atomic E-state index is -4.32. The van der Waals surface area contributed by atoms with Crippen LogP contribution < -0.4 is 9.62 Å². The lowest BCUT2D eigenvalue weighted by atomic mass is 10.0. The number of amides is 2. The van der Waals surface area contributed by atoms with E-state index in [1.165, 1.54) is 35.2 Å². The first-order chi connectivity index (χ1) is 21.9. The van der Waals surface area contributed by atoms with Crippen LogP contribution in [0.1, 0.15) is 31.4 Å². The molecule has 0 bridgehead atoms. The first kappa shape index (κ1) is 35.6. The lowest BCUT2D eigenvalue weighted by Gasteiger charge is -2.34. The van der Waals surface area contributed by atoms with Crippen LogP contribution in [0.15, 0.2) is 102 Å². The van der Waals surface area contributed by atoms with E-state index < -0.39 is 34.4 Å². The quantitative estimate of drug-likeness (QED) is 0.152. The molecule has 46 heavy (non-hydrogen) atoms. The summed E-state index contributed by atoms with van der Waals surface area (Å²) < 4.78 is 29.1. The number of nitrogens with zero attached hydrogens (tertiary/aromatic N) is 2. The molecule has 242 valence electrons. The molecule has 0 fully saturated rings. The van der Waals surface area contributed by atoms with E-state index in [1.54, 1.807) is 36.4 Å². The number of sulfonamides is 1. The maximum Gasteiger partial charge on any atom is 0.264 e. The maximum atomic E-state index is 14.6. The van der Waals surface area contributed by atoms with Gasteiger partial charge < -0.3 is 10.2 Å². The summed E-state index contributed by atoms with van der Waals surface area (Å²) in [5.74, 6) is -1.05. The van der Waals surface area contributed by atoms with E-state index in [1.807, 2.05) is 44.2 Å². The van der Waals surface area contributed by atoms with E-state index in [9.17, 15) is 18.0 Å². The Kier molecular flexibility index (Phi) is 12.4. The fourth-order valence-electron chi connectivity index (χ4n) is 4.75. The number of hydrogen-bond acceptors (Lipinski definition) is 4. The molecule has 0 aliphatic carbocycles. The normalized spacial score (nSPS) is 12.7. The molecule has 2 amide bonds. The standard InChI is InChI=1S/C34H33Cl4N3O4S/c1-3-23(2)39-34(43)32(18-24-10-6-4-7-11-24)40(21-25-14-15-26(35)19-29(25)37)33(42)22-41(31-17-16-27(36)20-30(31)38)46(44,45)28-12-8-5-9-13-28/h4-17,19-20,23,32H,3,18,21-22H2,1-2H3,(H,39,43)/t23-,32-/m0/s1. The van der Waals surface area contributed by atoms with E-state index in [-0.39, 0.29) is 34.6 Å². The Morgan fingerprint density at radius 2 is 1.39 bits per heavy atom. The molecule has 0 saturated heterocycles. The fourth-order valence-corrected chi connectivity index (χ4v) is 7.23. The molecule has 0 aliphatic heterocycles. The van der Waals surface area contributed by atoms with Gasteiger partial charge in [-0.05, 0) is 66.9 Å². The summed E-state index contributed by atoms with van der Waals surface area (Å²) in [7, 11) is -4.32. The van der Waals surface area contributed by atoms with Gasteiger partial charge in [-0.1, -0.05) is 108 Å². The van der Waals surface area contributed by atoms with Gasteiger partial charge in [0.15, 0.2) is 0 Å². The Morgan fingerprint density at radius 3 is 1.98 bits per heavy atom. The highest BCUT2D eigenvalue weighted by Gasteiger charge is 2.35. The number of rotatable bonds is 13. The van der Waals surface area contributed by atoms with Crippen molar-refractivity contribution >= 4 is 73.9 Å². The third-order valence-electron chi connectivity index (χ3n) is 7.42. The Balaban J connectivity index is 1.85. The van der Waals surface area contributed by atoms with Crippen molar-refractivity contribution in [2.75, 3.05) is 10.8 Å². The molecule has 4 aromatic carbocycles.